The zero-order valence-electron chi connectivity index (χ0n) is 16.1. The minimum Gasteiger partial charge on any atom is -0.493 e. The van der Waals surface area contributed by atoms with Crippen molar-refractivity contribution in [2.75, 3.05) is 20.0 Å². The van der Waals surface area contributed by atoms with Crippen LogP contribution in [-0.4, -0.2) is 45.3 Å². The summed E-state index contributed by atoms with van der Waals surface area (Å²) >= 11 is 1.60. The third-order valence-electron chi connectivity index (χ3n) is 4.88. The number of rotatable bonds is 6. The fraction of sp³-hybridized carbons (Fsp3) is 0.400. The van der Waals surface area contributed by atoms with Crippen molar-refractivity contribution in [3.05, 3.63) is 41.2 Å². The molecule has 0 unspecified atom stereocenters. The summed E-state index contributed by atoms with van der Waals surface area (Å²) in [6, 6.07) is 5.80. The Balaban J connectivity index is 1.66. The van der Waals surface area contributed by atoms with Crippen molar-refractivity contribution < 1.29 is 14.3 Å². The molecule has 1 atom stereocenters. The molecule has 146 valence electrons. The first-order valence-electron chi connectivity index (χ1n) is 9.27. The molecular formula is C20H22N4O3S. The van der Waals surface area contributed by atoms with E-state index in [1.165, 1.54) is 0 Å². The van der Waals surface area contributed by atoms with Crippen LogP contribution in [0.5, 0.6) is 11.5 Å². The molecule has 8 heteroatoms. The summed E-state index contributed by atoms with van der Waals surface area (Å²) in [6.45, 7) is 2.12. The van der Waals surface area contributed by atoms with E-state index >= 15 is 0 Å². The number of ether oxygens (including phenoxy) is 2. The smallest absolute Gasteiger partial charge is 0.253 e. The maximum absolute atomic E-state index is 12.8. The van der Waals surface area contributed by atoms with Crippen LogP contribution in [0.3, 0.4) is 0 Å². The van der Waals surface area contributed by atoms with Gasteiger partial charge in [0.15, 0.2) is 17.3 Å². The second-order valence-corrected chi connectivity index (χ2v) is 7.79. The lowest BCUT2D eigenvalue weighted by Gasteiger charge is -2.23. The van der Waals surface area contributed by atoms with Gasteiger partial charge in [0.25, 0.3) is 5.78 Å². The topological polar surface area (TPSA) is 78.6 Å². The van der Waals surface area contributed by atoms with E-state index in [1.54, 1.807) is 36.7 Å². The average molecular weight is 398 g/mol. The van der Waals surface area contributed by atoms with Gasteiger partial charge in [-0.05, 0) is 36.5 Å². The molecule has 1 aliphatic carbocycles. The predicted molar refractivity (Wildman–Crippen MR) is 107 cm³/mol. The number of ketones is 1. The first-order valence-corrected chi connectivity index (χ1v) is 10.3. The first-order chi connectivity index (χ1) is 13.6. The van der Waals surface area contributed by atoms with Gasteiger partial charge in [0, 0.05) is 18.4 Å². The Kier molecular flexibility index (Phi) is 5.21. The summed E-state index contributed by atoms with van der Waals surface area (Å²) in [5.41, 5.74) is 2.46. The molecular weight excluding hydrogens is 376 g/mol. The standard InChI is InChI=1S/C20H22N4O3S/c1-4-7-28-20-22-19-21-15-8-13(9-16(25)14(15)11-24(19)23-20)12-5-6-17(26-2)18(10-12)27-3/h5-6,10-11,13H,4,7-9H2,1-3H3/t13-/m0/s1. The maximum atomic E-state index is 12.8. The molecule has 1 aromatic carbocycles. The number of Topliss-reactive ketones (excluding diaryl/α,β-unsaturated/α-hetero) is 1. The highest BCUT2D eigenvalue weighted by Gasteiger charge is 2.29. The lowest BCUT2D eigenvalue weighted by molar-refractivity contribution is 0.0962. The number of hydrogen-bond acceptors (Lipinski definition) is 7. The monoisotopic (exact) mass is 398 g/mol. The van der Waals surface area contributed by atoms with Crippen LogP contribution in [0.1, 0.15) is 47.3 Å². The molecule has 2 aromatic heterocycles. The molecule has 4 rings (SSSR count). The third kappa shape index (κ3) is 3.44. The highest BCUT2D eigenvalue weighted by atomic mass is 32.2. The molecule has 0 amide bonds. The summed E-state index contributed by atoms with van der Waals surface area (Å²) in [4.78, 5) is 21.9. The summed E-state index contributed by atoms with van der Waals surface area (Å²) in [5, 5.41) is 5.13. The number of carbonyl (C=O) groups excluding carboxylic acids is 1. The first kappa shape index (κ1) is 18.7. The van der Waals surface area contributed by atoms with E-state index in [-0.39, 0.29) is 11.7 Å². The quantitative estimate of drug-likeness (QED) is 0.588. The second-order valence-electron chi connectivity index (χ2n) is 6.73. The van der Waals surface area contributed by atoms with Gasteiger partial charge >= 0.3 is 0 Å². The highest BCUT2D eigenvalue weighted by molar-refractivity contribution is 7.99. The molecule has 1 aliphatic rings. The number of carbonyl (C=O) groups is 1. The van der Waals surface area contributed by atoms with Crippen LogP contribution in [0.2, 0.25) is 0 Å². The summed E-state index contributed by atoms with van der Waals surface area (Å²) in [7, 11) is 3.22. The molecule has 0 radical (unpaired) electrons. The van der Waals surface area contributed by atoms with Crippen molar-refractivity contribution in [1.29, 1.82) is 0 Å². The molecule has 0 saturated carbocycles. The van der Waals surface area contributed by atoms with Gasteiger partial charge in [-0.1, -0.05) is 24.8 Å². The number of thioether (sulfide) groups is 1. The summed E-state index contributed by atoms with van der Waals surface area (Å²) < 4.78 is 12.3. The van der Waals surface area contributed by atoms with E-state index in [2.05, 4.69) is 22.0 Å². The van der Waals surface area contributed by atoms with Gasteiger partial charge in [-0.2, -0.15) is 4.98 Å². The van der Waals surface area contributed by atoms with Crippen molar-refractivity contribution in [2.24, 2.45) is 0 Å². The average Bonchev–Trinajstić information content (AvgIpc) is 3.11. The molecule has 3 aromatic rings. The Morgan fingerprint density at radius 1 is 1.18 bits per heavy atom. The van der Waals surface area contributed by atoms with Crippen LogP contribution in [-0.2, 0) is 6.42 Å². The Bertz CT molecular complexity index is 1030. The number of aromatic nitrogens is 4. The fourth-order valence-electron chi connectivity index (χ4n) is 3.46. The van der Waals surface area contributed by atoms with Crippen molar-refractivity contribution in [3.8, 4) is 11.5 Å². The lowest BCUT2D eigenvalue weighted by atomic mass is 9.82. The van der Waals surface area contributed by atoms with Crippen LogP contribution >= 0.6 is 11.8 Å². The largest absolute Gasteiger partial charge is 0.493 e. The summed E-state index contributed by atoms with van der Waals surface area (Å²) in [5.74, 6) is 2.96. The molecule has 7 nitrogen and oxygen atoms in total. The van der Waals surface area contributed by atoms with E-state index in [9.17, 15) is 4.79 Å². The molecule has 0 spiro atoms. The van der Waals surface area contributed by atoms with Crippen molar-refractivity contribution >= 4 is 23.3 Å². The maximum Gasteiger partial charge on any atom is 0.253 e. The van der Waals surface area contributed by atoms with Gasteiger partial charge in [0.05, 0.1) is 25.5 Å². The molecule has 2 heterocycles. The normalized spacial score (nSPS) is 16.2. The fourth-order valence-corrected chi connectivity index (χ4v) is 4.14. The number of fused-ring (bicyclic) bond motifs is 2. The summed E-state index contributed by atoms with van der Waals surface area (Å²) in [6.07, 6.45) is 3.93. The molecule has 0 N–H and O–H groups in total. The lowest BCUT2D eigenvalue weighted by Crippen LogP contribution is -2.21. The number of hydrogen-bond donors (Lipinski definition) is 0. The number of nitrogens with zero attached hydrogens (tertiary/aromatic N) is 4. The molecule has 0 aliphatic heterocycles. The SMILES string of the molecule is CCCSc1nc2nc3c(cn2n1)C(=O)C[C@@H](c1ccc(OC)c(OC)c1)C3. The van der Waals surface area contributed by atoms with Crippen LogP contribution < -0.4 is 9.47 Å². The number of benzene rings is 1. The van der Waals surface area contributed by atoms with Crippen molar-refractivity contribution in [3.63, 3.8) is 0 Å². The Morgan fingerprint density at radius 2 is 2.00 bits per heavy atom. The van der Waals surface area contributed by atoms with Gasteiger partial charge in [0.1, 0.15) is 0 Å². The minimum absolute atomic E-state index is 0.0478. The van der Waals surface area contributed by atoms with Crippen LogP contribution in [0.25, 0.3) is 5.78 Å². The van der Waals surface area contributed by atoms with Crippen molar-refractivity contribution in [1.82, 2.24) is 19.6 Å². The van der Waals surface area contributed by atoms with Crippen LogP contribution in [0.15, 0.2) is 29.6 Å². The molecule has 0 saturated heterocycles. The van der Waals surface area contributed by atoms with E-state index in [1.807, 2.05) is 18.2 Å². The van der Waals surface area contributed by atoms with Gasteiger partial charge in [-0.3, -0.25) is 4.79 Å². The zero-order chi connectivity index (χ0) is 19.7. The minimum atomic E-state index is 0.0478. The van der Waals surface area contributed by atoms with Gasteiger partial charge in [0.2, 0.25) is 5.16 Å². The van der Waals surface area contributed by atoms with E-state index < -0.39 is 0 Å². The van der Waals surface area contributed by atoms with E-state index in [0.717, 1.165) is 23.4 Å². The predicted octanol–water partition coefficient (Wildman–Crippen LogP) is 3.56. The van der Waals surface area contributed by atoms with Gasteiger partial charge < -0.3 is 9.47 Å². The number of methoxy groups -OCH3 is 2. The Morgan fingerprint density at radius 3 is 2.75 bits per heavy atom. The molecule has 0 fully saturated rings. The van der Waals surface area contributed by atoms with Crippen LogP contribution in [0, 0.1) is 0 Å². The van der Waals surface area contributed by atoms with Gasteiger partial charge in [-0.25, -0.2) is 9.50 Å². The van der Waals surface area contributed by atoms with Crippen LogP contribution in [0.4, 0.5) is 0 Å². The van der Waals surface area contributed by atoms with E-state index in [0.29, 0.717) is 40.8 Å². The Labute approximate surface area is 167 Å². The second kappa shape index (κ2) is 7.79. The van der Waals surface area contributed by atoms with Crippen molar-refractivity contribution in [2.45, 2.75) is 37.3 Å². The Hall–Kier alpha value is -2.61. The third-order valence-corrected chi connectivity index (χ3v) is 5.92. The molecule has 28 heavy (non-hydrogen) atoms. The molecule has 0 bridgehead atoms. The highest BCUT2D eigenvalue weighted by Crippen LogP contribution is 2.36. The zero-order valence-corrected chi connectivity index (χ0v) is 17.0. The van der Waals surface area contributed by atoms with Gasteiger partial charge in [-0.15, -0.1) is 5.10 Å². The van der Waals surface area contributed by atoms with E-state index in [4.69, 9.17) is 9.47 Å².